The van der Waals surface area contributed by atoms with Gasteiger partial charge in [0.15, 0.2) is 0 Å². The van der Waals surface area contributed by atoms with E-state index in [1.54, 1.807) is 18.2 Å². The maximum Gasteiger partial charge on any atom is 0.405 e. The Morgan fingerprint density at radius 1 is 0.776 bits per heavy atom. The van der Waals surface area contributed by atoms with Crippen LogP contribution in [0.25, 0.3) is 33.6 Å². The van der Waals surface area contributed by atoms with Crippen LogP contribution in [0.1, 0.15) is 74.4 Å². The second-order valence-corrected chi connectivity index (χ2v) is 15.5. The molecule has 0 saturated carbocycles. The molecule has 2 fully saturated rings. The first-order valence-corrected chi connectivity index (χ1v) is 20.0. The van der Waals surface area contributed by atoms with Crippen LogP contribution >= 0.6 is 0 Å². The van der Waals surface area contributed by atoms with Crippen LogP contribution in [0.2, 0.25) is 0 Å². The number of rotatable bonds is 15. The number of H-pyrrole nitrogens is 2. The maximum atomic E-state index is 13.8. The van der Waals surface area contributed by atoms with E-state index in [9.17, 15) is 19.5 Å². The molecular formula is C44H53N9O5. The lowest BCUT2D eigenvalue weighted by atomic mass is 10.0. The summed E-state index contributed by atoms with van der Waals surface area (Å²) in [6.45, 7) is 6.03. The van der Waals surface area contributed by atoms with Crippen molar-refractivity contribution in [2.45, 2.75) is 76.7 Å². The third-order valence-corrected chi connectivity index (χ3v) is 11.3. The minimum atomic E-state index is -1.24. The molecule has 7 rings (SSSR count). The number of aromatic nitrogens is 4. The number of nitrogens with one attached hydrogen (secondary N) is 4. The fraction of sp³-hybridized carbons (Fsp3) is 0.386. The lowest BCUT2D eigenvalue weighted by Gasteiger charge is -2.30. The van der Waals surface area contributed by atoms with Gasteiger partial charge in [-0.3, -0.25) is 14.9 Å². The molecule has 2 aliphatic rings. The van der Waals surface area contributed by atoms with E-state index in [0.29, 0.717) is 32.2 Å². The van der Waals surface area contributed by atoms with Crippen LogP contribution in [0.5, 0.6) is 0 Å². The molecule has 7 N–H and O–H groups in total. The fourth-order valence-corrected chi connectivity index (χ4v) is 8.18. The number of nitrogens with two attached hydrogens (primary N) is 1. The molecule has 14 nitrogen and oxygen atoms in total. The standard InChI is InChI=1S/C44H53N9O5/c1-27(2)39(48-26-58-3)43(55)53-21-5-7-38(53)41-47-25-36(50-41)33-18-14-31(15-19-33)30-12-16-32(17-13-30)35-24-46-40(49-35)37-6-4-20-52(37)42(54)34(51-44(56)57)22-28-8-10-29(23-45)11-9-28/h8-19,24-25,27,34,37-39,48,51H,4-7,20-23,26,45H2,1-3H3,(H,46,49)(H,47,50)(H,56,57)/t34-,37-,38-,39-/m0/s1. The van der Waals surface area contributed by atoms with Gasteiger partial charge in [-0.05, 0) is 65.0 Å². The van der Waals surface area contributed by atoms with Gasteiger partial charge in [0.1, 0.15) is 17.7 Å². The zero-order chi connectivity index (χ0) is 40.8. The summed E-state index contributed by atoms with van der Waals surface area (Å²) in [5.41, 5.74) is 13.4. The van der Waals surface area contributed by atoms with Crippen LogP contribution in [-0.4, -0.2) is 91.8 Å². The van der Waals surface area contributed by atoms with Gasteiger partial charge in [-0.1, -0.05) is 86.6 Å². The van der Waals surface area contributed by atoms with Gasteiger partial charge in [0.2, 0.25) is 11.8 Å². The lowest BCUT2D eigenvalue weighted by molar-refractivity contribution is -0.136. The monoisotopic (exact) mass is 787 g/mol. The van der Waals surface area contributed by atoms with Crippen molar-refractivity contribution in [2.24, 2.45) is 11.7 Å². The van der Waals surface area contributed by atoms with Crippen LogP contribution in [0, 0.1) is 5.92 Å². The summed E-state index contributed by atoms with van der Waals surface area (Å²) in [5, 5.41) is 15.2. The molecule has 58 heavy (non-hydrogen) atoms. The molecule has 0 spiro atoms. The van der Waals surface area contributed by atoms with E-state index in [-0.39, 0.29) is 42.3 Å². The topological polar surface area (TPSA) is 195 Å². The summed E-state index contributed by atoms with van der Waals surface area (Å²) in [6, 6.07) is 22.5. The molecule has 2 saturated heterocycles. The molecule has 4 atom stereocenters. The maximum absolute atomic E-state index is 13.8. The highest BCUT2D eigenvalue weighted by Crippen LogP contribution is 2.35. The first-order chi connectivity index (χ1) is 28.1. The summed E-state index contributed by atoms with van der Waals surface area (Å²) in [7, 11) is 1.62. The van der Waals surface area contributed by atoms with Gasteiger partial charge >= 0.3 is 6.09 Å². The van der Waals surface area contributed by atoms with Gasteiger partial charge in [-0.2, -0.15) is 0 Å². The first-order valence-electron chi connectivity index (χ1n) is 20.0. The predicted octanol–water partition coefficient (Wildman–Crippen LogP) is 6.02. The quantitative estimate of drug-likeness (QED) is 0.0689. The number of hydrogen-bond acceptors (Lipinski definition) is 8. The summed E-state index contributed by atoms with van der Waals surface area (Å²) >= 11 is 0. The Labute approximate surface area is 338 Å². The Morgan fingerprint density at radius 2 is 1.26 bits per heavy atom. The fourth-order valence-electron chi connectivity index (χ4n) is 8.18. The van der Waals surface area contributed by atoms with E-state index in [4.69, 9.17) is 15.5 Å². The Balaban J connectivity index is 0.994. The molecule has 3 amide bonds. The molecule has 304 valence electrons. The van der Waals surface area contributed by atoms with Gasteiger partial charge in [0.25, 0.3) is 0 Å². The Morgan fingerprint density at radius 3 is 1.72 bits per heavy atom. The Hall–Kier alpha value is -5.83. The van der Waals surface area contributed by atoms with E-state index in [2.05, 4.69) is 62.0 Å². The molecule has 0 radical (unpaired) electrons. The number of amides is 3. The van der Waals surface area contributed by atoms with Crippen molar-refractivity contribution in [3.8, 4) is 33.6 Å². The number of methoxy groups -OCH3 is 1. The number of likely N-dealkylation sites (tertiary alicyclic amines) is 2. The molecule has 4 heterocycles. The molecule has 0 aliphatic carbocycles. The minimum absolute atomic E-state index is 0.0749. The average Bonchev–Trinajstić information content (AvgIpc) is 4.08. The van der Waals surface area contributed by atoms with Crippen molar-refractivity contribution >= 4 is 17.9 Å². The molecule has 2 aromatic heterocycles. The Kier molecular flexibility index (Phi) is 12.7. The molecule has 3 aromatic carbocycles. The van der Waals surface area contributed by atoms with Gasteiger partial charge in [-0.15, -0.1) is 0 Å². The van der Waals surface area contributed by atoms with E-state index < -0.39 is 12.1 Å². The van der Waals surface area contributed by atoms with Crippen molar-refractivity contribution in [1.82, 2.24) is 40.4 Å². The van der Waals surface area contributed by atoms with Gasteiger partial charge in [0.05, 0.1) is 48.6 Å². The van der Waals surface area contributed by atoms with Crippen LogP contribution < -0.4 is 16.4 Å². The molecule has 2 aliphatic heterocycles. The van der Waals surface area contributed by atoms with E-state index >= 15 is 0 Å². The number of benzene rings is 3. The van der Waals surface area contributed by atoms with Crippen LogP contribution in [0.15, 0.2) is 85.2 Å². The van der Waals surface area contributed by atoms with E-state index in [1.807, 2.05) is 61.3 Å². The third-order valence-electron chi connectivity index (χ3n) is 11.3. The number of hydrogen-bond donors (Lipinski definition) is 6. The predicted molar refractivity (Wildman–Crippen MR) is 221 cm³/mol. The molecule has 14 heteroatoms. The second-order valence-electron chi connectivity index (χ2n) is 15.5. The summed E-state index contributed by atoms with van der Waals surface area (Å²) in [4.78, 5) is 59.1. The number of nitrogens with zero attached hydrogens (tertiary/aromatic N) is 4. The van der Waals surface area contributed by atoms with Crippen molar-refractivity contribution in [2.75, 3.05) is 26.9 Å². The molecule has 0 unspecified atom stereocenters. The van der Waals surface area contributed by atoms with Gasteiger partial charge in [0, 0.05) is 33.2 Å². The van der Waals surface area contributed by atoms with Crippen molar-refractivity contribution in [1.29, 1.82) is 0 Å². The summed E-state index contributed by atoms with van der Waals surface area (Å²) < 4.78 is 5.18. The van der Waals surface area contributed by atoms with Crippen molar-refractivity contribution in [3.05, 3.63) is 108 Å². The molecule has 0 bridgehead atoms. The highest BCUT2D eigenvalue weighted by Gasteiger charge is 2.38. The van der Waals surface area contributed by atoms with E-state index in [1.165, 1.54) is 0 Å². The number of carbonyl (C=O) groups excluding carboxylic acids is 2. The summed E-state index contributed by atoms with van der Waals surface area (Å²) in [6.07, 6.45) is 5.93. The second kappa shape index (κ2) is 18.2. The number of ether oxygens (including phenoxy) is 1. The van der Waals surface area contributed by atoms with Gasteiger partial charge < -0.3 is 40.7 Å². The number of aromatic amines is 2. The highest BCUT2D eigenvalue weighted by atomic mass is 16.5. The normalized spacial score (nSPS) is 17.8. The summed E-state index contributed by atoms with van der Waals surface area (Å²) in [5.74, 6) is 1.40. The smallest absolute Gasteiger partial charge is 0.405 e. The minimum Gasteiger partial charge on any atom is -0.465 e. The van der Waals surface area contributed by atoms with Crippen LogP contribution in [0.3, 0.4) is 0 Å². The SMILES string of the molecule is COCN[C@H](C(=O)N1CCC[C@H]1c1ncc(-c2ccc(-c3ccc(-c4cnc([C@@H]5CCCN5C(=O)[C@H](Cc5ccc(CN)cc5)NC(=O)O)[nH]4)cc3)cc2)[nH]1)C(C)C. The largest absolute Gasteiger partial charge is 0.465 e. The molecule has 5 aromatic rings. The third kappa shape index (κ3) is 8.99. The number of carbonyl (C=O) groups is 3. The van der Waals surface area contributed by atoms with E-state index in [0.717, 1.165) is 76.3 Å². The number of imidazole rings is 2. The van der Waals surface area contributed by atoms with Gasteiger partial charge in [-0.25, -0.2) is 14.8 Å². The number of carboxylic acid groups (broad SMARTS) is 1. The van der Waals surface area contributed by atoms with Crippen molar-refractivity contribution in [3.63, 3.8) is 0 Å². The van der Waals surface area contributed by atoms with Crippen LogP contribution in [0.4, 0.5) is 4.79 Å². The average molecular weight is 788 g/mol. The molecular weight excluding hydrogens is 735 g/mol. The lowest BCUT2D eigenvalue weighted by Crippen LogP contribution is -2.49. The highest BCUT2D eigenvalue weighted by molar-refractivity contribution is 5.86. The zero-order valence-electron chi connectivity index (χ0n) is 33.3. The van der Waals surface area contributed by atoms with Crippen LogP contribution in [-0.2, 0) is 27.3 Å². The van der Waals surface area contributed by atoms with Crippen molar-refractivity contribution < 1.29 is 24.2 Å². The Bertz CT molecular complexity index is 2160. The zero-order valence-corrected chi connectivity index (χ0v) is 33.3. The first kappa shape index (κ1) is 40.4.